The van der Waals surface area contributed by atoms with Crippen molar-refractivity contribution in [3.8, 4) is 0 Å². The molecule has 1 saturated heterocycles. The molecule has 8 atom stereocenters. The minimum Gasteiger partial charge on any atom is -0.394 e. The van der Waals surface area contributed by atoms with Crippen LogP contribution in [-0.2, 0) is 9.59 Å². The Hall–Kier alpha value is -1.22. The quantitative estimate of drug-likeness (QED) is 0.330. The lowest BCUT2D eigenvalue weighted by Crippen LogP contribution is -2.57. The van der Waals surface area contributed by atoms with Crippen molar-refractivity contribution < 1.29 is 24.9 Å². The molecule has 0 aromatic carbocycles. The molecular weight excluding hydrogens is 314 g/mol. The summed E-state index contributed by atoms with van der Waals surface area (Å²) in [5, 5.41) is 39.1. The van der Waals surface area contributed by atoms with E-state index in [4.69, 9.17) is 0 Å². The topological polar surface area (TPSA) is 131 Å². The molecule has 1 heterocycles. The van der Waals surface area contributed by atoms with E-state index in [0.717, 1.165) is 0 Å². The van der Waals surface area contributed by atoms with Gasteiger partial charge in [0.05, 0.1) is 12.7 Å². The van der Waals surface area contributed by atoms with Crippen LogP contribution < -0.4 is 16.0 Å². The molecule has 2 saturated carbocycles. The summed E-state index contributed by atoms with van der Waals surface area (Å²) >= 11 is 0. The van der Waals surface area contributed by atoms with Crippen LogP contribution in [0.25, 0.3) is 0 Å². The average Bonchev–Trinajstić information content (AvgIpc) is 2.96. The Kier molecular flexibility index (Phi) is 4.59. The fourth-order valence-corrected chi connectivity index (χ4v) is 5.45. The number of hydrogen-bond acceptors (Lipinski definition) is 6. The van der Waals surface area contributed by atoms with Gasteiger partial charge in [-0.2, -0.15) is 0 Å². The molecule has 3 aliphatic rings. The number of aliphatic hydroxyl groups excluding tert-OH is 2. The number of fused-ring (bicyclic) bond motifs is 5. The number of carbonyl (C=O) groups is 2. The highest BCUT2D eigenvalue weighted by atomic mass is 16.3. The first-order valence-corrected chi connectivity index (χ1v) is 8.57. The fraction of sp³-hybridized carbons (Fsp3) is 0.875. The molecule has 0 aromatic heterocycles. The van der Waals surface area contributed by atoms with Crippen molar-refractivity contribution in [2.24, 2.45) is 23.7 Å². The second-order valence-electron chi connectivity index (χ2n) is 7.48. The number of hydrogen-bond donors (Lipinski definition) is 6. The Morgan fingerprint density at radius 2 is 2.17 bits per heavy atom. The molecule has 2 bridgehead atoms. The highest BCUT2D eigenvalue weighted by Gasteiger charge is 2.68. The minimum absolute atomic E-state index is 0.0498. The van der Waals surface area contributed by atoms with Gasteiger partial charge in [0.1, 0.15) is 5.60 Å². The number of carbonyl (C=O) groups excluding carboxylic acids is 2. The first kappa shape index (κ1) is 17.6. The Balaban J connectivity index is 1.98. The number of nitrogens with one attached hydrogen (secondary N) is 3. The SMILES string of the molecule is CNC1C(CC(O)CO)C(NC(C)=O)C2C3CNC(=O)C(O)(C3)C12. The van der Waals surface area contributed by atoms with E-state index in [0.29, 0.717) is 19.4 Å². The average molecular weight is 341 g/mol. The van der Waals surface area contributed by atoms with Crippen LogP contribution in [0.15, 0.2) is 0 Å². The van der Waals surface area contributed by atoms with Crippen LogP contribution in [0.1, 0.15) is 19.8 Å². The van der Waals surface area contributed by atoms with Crippen molar-refractivity contribution in [2.45, 2.75) is 43.6 Å². The molecule has 1 aliphatic heterocycles. The minimum atomic E-state index is -1.45. The molecule has 8 heteroatoms. The van der Waals surface area contributed by atoms with Gasteiger partial charge in [0.2, 0.25) is 5.91 Å². The van der Waals surface area contributed by atoms with Crippen molar-refractivity contribution >= 4 is 11.8 Å². The summed E-state index contributed by atoms with van der Waals surface area (Å²) in [5.74, 6) is -0.991. The Labute approximate surface area is 141 Å². The van der Waals surface area contributed by atoms with Crippen LogP contribution >= 0.6 is 0 Å². The molecule has 8 nitrogen and oxygen atoms in total. The zero-order valence-electron chi connectivity index (χ0n) is 14.0. The van der Waals surface area contributed by atoms with E-state index >= 15 is 0 Å². The molecule has 2 aliphatic carbocycles. The van der Waals surface area contributed by atoms with Gasteiger partial charge in [0.25, 0.3) is 5.91 Å². The van der Waals surface area contributed by atoms with Crippen molar-refractivity contribution in [3.05, 3.63) is 0 Å². The molecule has 3 rings (SSSR count). The van der Waals surface area contributed by atoms with Crippen LogP contribution in [0.5, 0.6) is 0 Å². The van der Waals surface area contributed by atoms with Crippen LogP contribution in [0.4, 0.5) is 0 Å². The van der Waals surface area contributed by atoms with E-state index in [2.05, 4.69) is 16.0 Å². The Bertz CT molecular complexity index is 530. The summed E-state index contributed by atoms with van der Waals surface area (Å²) in [7, 11) is 1.76. The molecule has 2 amide bonds. The first-order valence-electron chi connectivity index (χ1n) is 8.57. The second-order valence-corrected chi connectivity index (χ2v) is 7.48. The standard InChI is InChI=1S/C16H27N3O5/c1-7(21)19-13-10(3-9(22)6-20)14(17-2)12-11(13)8-4-16(12,24)15(23)18-5-8/h8-14,17,20,22,24H,3-6H2,1-2H3,(H,18,23)(H,19,21). The highest BCUT2D eigenvalue weighted by Crippen LogP contribution is 2.57. The van der Waals surface area contributed by atoms with Crippen molar-refractivity contribution in [3.63, 3.8) is 0 Å². The van der Waals surface area contributed by atoms with Gasteiger partial charge in [-0.3, -0.25) is 9.59 Å². The van der Waals surface area contributed by atoms with Gasteiger partial charge in [-0.15, -0.1) is 0 Å². The molecule has 136 valence electrons. The van der Waals surface area contributed by atoms with E-state index in [-0.39, 0.29) is 54.2 Å². The second kappa shape index (κ2) is 6.25. The van der Waals surface area contributed by atoms with Gasteiger partial charge in [0.15, 0.2) is 0 Å². The van der Waals surface area contributed by atoms with E-state index < -0.39 is 11.7 Å². The molecule has 8 unspecified atom stereocenters. The molecule has 3 fully saturated rings. The van der Waals surface area contributed by atoms with Crippen molar-refractivity contribution in [1.29, 1.82) is 0 Å². The van der Waals surface area contributed by atoms with Gasteiger partial charge in [0, 0.05) is 31.5 Å². The summed E-state index contributed by atoms with van der Waals surface area (Å²) < 4.78 is 0. The summed E-state index contributed by atoms with van der Waals surface area (Å²) in [5.41, 5.74) is -1.45. The number of amides is 2. The molecule has 0 spiro atoms. The zero-order chi connectivity index (χ0) is 17.6. The third-order valence-electron chi connectivity index (χ3n) is 6.18. The maximum Gasteiger partial charge on any atom is 0.252 e. The first-order chi connectivity index (χ1) is 11.3. The summed E-state index contributed by atoms with van der Waals surface area (Å²) in [6.07, 6.45) is -0.202. The van der Waals surface area contributed by atoms with Crippen LogP contribution in [0, 0.1) is 23.7 Å². The third kappa shape index (κ3) is 2.52. The largest absolute Gasteiger partial charge is 0.394 e. The predicted octanol–water partition coefficient (Wildman–Crippen LogP) is -2.43. The van der Waals surface area contributed by atoms with E-state index in [1.807, 2.05) is 0 Å². The Morgan fingerprint density at radius 3 is 2.75 bits per heavy atom. The lowest BCUT2D eigenvalue weighted by molar-refractivity contribution is -0.147. The molecule has 24 heavy (non-hydrogen) atoms. The van der Waals surface area contributed by atoms with E-state index in [1.165, 1.54) is 6.92 Å². The highest BCUT2D eigenvalue weighted by molar-refractivity contribution is 5.87. The summed E-state index contributed by atoms with van der Waals surface area (Å²) in [6.45, 7) is 1.58. The van der Waals surface area contributed by atoms with Gasteiger partial charge in [-0.1, -0.05) is 0 Å². The summed E-state index contributed by atoms with van der Waals surface area (Å²) in [4.78, 5) is 24.1. The van der Waals surface area contributed by atoms with Crippen LogP contribution in [0.2, 0.25) is 0 Å². The maximum absolute atomic E-state index is 12.3. The third-order valence-corrected chi connectivity index (χ3v) is 6.18. The van der Waals surface area contributed by atoms with Gasteiger partial charge < -0.3 is 31.3 Å². The van der Waals surface area contributed by atoms with Crippen LogP contribution in [-0.4, -0.2) is 71.1 Å². The number of piperidine rings is 1. The molecule has 0 radical (unpaired) electrons. The monoisotopic (exact) mass is 341 g/mol. The maximum atomic E-state index is 12.3. The molecule has 6 N–H and O–H groups in total. The summed E-state index contributed by atoms with van der Waals surface area (Å²) in [6, 6.07) is -0.482. The zero-order valence-corrected chi connectivity index (χ0v) is 14.0. The normalized spacial score (nSPS) is 44.8. The smallest absolute Gasteiger partial charge is 0.252 e. The fourth-order valence-electron chi connectivity index (χ4n) is 5.45. The predicted molar refractivity (Wildman–Crippen MR) is 84.7 cm³/mol. The lowest BCUT2D eigenvalue weighted by atomic mass is 9.81. The van der Waals surface area contributed by atoms with Gasteiger partial charge in [-0.25, -0.2) is 0 Å². The Morgan fingerprint density at radius 1 is 1.46 bits per heavy atom. The van der Waals surface area contributed by atoms with Crippen molar-refractivity contribution in [2.75, 3.05) is 20.2 Å². The van der Waals surface area contributed by atoms with E-state index in [9.17, 15) is 24.9 Å². The van der Waals surface area contributed by atoms with Gasteiger partial charge in [-0.05, 0) is 37.6 Å². The van der Waals surface area contributed by atoms with Crippen LogP contribution in [0.3, 0.4) is 0 Å². The van der Waals surface area contributed by atoms with E-state index in [1.54, 1.807) is 7.05 Å². The molecule has 0 aromatic rings. The molecular formula is C16H27N3O5. The lowest BCUT2D eigenvalue weighted by Gasteiger charge is -2.37. The number of aliphatic hydroxyl groups is 3. The van der Waals surface area contributed by atoms with Gasteiger partial charge >= 0.3 is 0 Å². The number of rotatable bonds is 5. The van der Waals surface area contributed by atoms with Crippen molar-refractivity contribution in [1.82, 2.24) is 16.0 Å².